The van der Waals surface area contributed by atoms with Crippen molar-refractivity contribution in [2.45, 2.75) is 59.7 Å². The average molecular weight is 334 g/mol. The van der Waals surface area contributed by atoms with E-state index >= 15 is 0 Å². The lowest BCUT2D eigenvalue weighted by Gasteiger charge is -2.48. The van der Waals surface area contributed by atoms with E-state index in [-0.39, 0.29) is 23.5 Å². The molecule has 3 aliphatic rings. The molecule has 1 unspecified atom stereocenters. The van der Waals surface area contributed by atoms with Gasteiger partial charge in [0.15, 0.2) is 11.7 Å². The summed E-state index contributed by atoms with van der Waals surface area (Å²) in [7, 11) is 0. The molecular formula is C19H26O5. The fraction of sp³-hybridized carbons (Fsp3) is 0.737. The Morgan fingerprint density at radius 1 is 1.21 bits per heavy atom. The smallest absolute Gasteiger partial charge is 0.303 e. The van der Waals surface area contributed by atoms with Crippen LogP contribution < -0.4 is 0 Å². The Kier molecular flexibility index (Phi) is 3.70. The number of carbonyl (C=O) groups excluding carboxylic acids is 3. The first kappa shape index (κ1) is 17.2. The summed E-state index contributed by atoms with van der Waals surface area (Å²) < 4.78 is 11.4. The summed E-state index contributed by atoms with van der Waals surface area (Å²) in [5.74, 6) is -0.733. The third-order valence-electron chi connectivity index (χ3n) is 6.24. The van der Waals surface area contributed by atoms with Gasteiger partial charge >= 0.3 is 11.9 Å². The zero-order chi connectivity index (χ0) is 18.0. The van der Waals surface area contributed by atoms with Crippen LogP contribution in [-0.4, -0.2) is 29.4 Å². The fourth-order valence-electron chi connectivity index (χ4n) is 5.83. The Morgan fingerprint density at radius 3 is 2.38 bits per heavy atom. The van der Waals surface area contributed by atoms with E-state index in [1.54, 1.807) is 0 Å². The number of ketones is 1. The van der Waals surface area contributed by atoms with Gasteiger partial charge in [0.25, 0.3) is 0 Å². The fourth-order valence-corrected chi connectivity index (χ4v) is 5.83. The summed E-state index contributed by atoms with van der Waals surface area (Å²) >= 11 is 0. The van der Waals surface area contributed by atoms with Crippen molar-refractivity contribution in [2.75, 3.05) is 0 Å². The minimum Gasteiger partial charge on any atom is -0.457 e. The number of esters is 2. The van der Waals surface area contributed by atoms with Crippen LogP contribution in [0.1, 0.15) is 48.0 Å². The van der Waals surface area contributed by atoms with Gasteiger partial charge in [0.1, 0.15) is 5.78 Å². The molecule has 24 heavy (non-hydrogen) atoms. The molecule has 2 saturated carbocycles. The Hall–Kier alpha value is -1.65. The van der Waals surface area contributed by atoms with Crippen molar-refractivity contribution in [3.05, 3.63) is 11.6 Å². The molecule has 0 N–H and O–H groups in total. The molecule has 5 nitrogen and oxygen atoms in total. The molecular weight excluding hydrogens is 308 g/mol. The summed E-state index contributed by atoms with van der Waals surface area (Å²) in [6.45, 7) is 10.9. The molecule has 3 aliphatic carbocycles. The van der Waals surface area contributed by atoms with E-state index < -0.39 is 35.0 Å². The number of rotatable bonds is 2. The van der Waals surface area contributed by atoms with Crippen LogP contribution in [-0.2, 0) is 23.9 Å². The van der Waals surface area contributed by atoms with Crippen LogP contribution in [0.4, 0.5) is 0 Å². The third-order valence-corrected chi connectivity index (χ3v) is 6.24. The van der Waals surface area contributed by atoms with Crippen LogP contribution in [0, 0.1) is 29.1 Å². The molecule has 0 heterocycles. The van der Waals surface area contributed by atoms with E-state index in [1.165, 1.54) is 13.8 Å². The monoisotopic (exact) mass is 334 g/mol. The zero-order valence-electron chi connectivity index (χ0n) is 15.2. The summed E-state index contributed by atoms with van der Waals surface area (Å²) in [6, 6.07) is 0. The molecule has 6 atom stereocenters. The second-order valence-corrected chi connectivity index (χ2v) is 8.32. The molecule has 132 valence electrons. The maximum atomic E-state index is 12.9. The number of hydrogen-bond donors (Lipinski definition) is 0. The summed E-state index contributed by atoms with van der Waals surface area (Å²) in [4.78, 5) is 36.6. The highest BCUT2D eigenvalue weighted by Gasteiger charge is 2.74. The van der Waals surface area contributed by atoms with Crippen molar-refractivity contribution in [2.24, 2.45) is 29.1 Å². The minimum atomic E-state index is -1.18. The lowest BCUT2D eigenvalue weighted by Crippen LogP contribution is -2.55. The molecule has 0 aromatic carbocycles. The van der Waals surface area contributed by atoms with Crippen molar-refractivity contribution in [1.29, 1.82) is 0 Å². The van der Waals surface area contributed by atoms with Crippen LogP contribution in [0.15, 0.2) is 11.6 Å². The zero-order valence-corrected chi connectivity index (χ0v) is 15.2. The molecule has 4 bridgehead atoms. The van der Waals surface area contributed by atoms with Gasteiger partial charge in [-0.3, -0.25) is 14.4 Å². The molecule has 5 heteroatoms. The van der Waals surface area contributed by atoms with Crippen molar-refractivity contribution < 1.29 is 23.9 Å². The minimum absolute atomic E-state index is 0.00227. The maximum Gasteiger partial charge on any atom is 0.303 e. The Bertz CT molecular complexity index is 646. The van der Waals surface area contributed by atoms with Crippen molar-refractivity contribution in [3.8, 4) is 0 Å². The SMILES string of the molecule is CC(=O)O[C@@H]1C(C)(C)[C@H]2[C@H]3C(C)=CC1(OC(C)=O)[C@@H]2C(=O)C[C@H]3C. The number of Topliss-reactive ketones (excluding diaryl/α,β-unsaturated/α-hetero) is 1. The average Bonchev–Trinajstić information content (AvgIpc) is 2.53. The van der Waals surface area contributed by atoms with Crippen LogP contribution in [0.3, 0.4) is 0 Å². The molecule has 0 aliphatic heterocycles. The summed E-state index contributed by atoms with van der Waals surface area (Å²) in [5.41, 5.74) is -0.515. The first-order valence-corrected chi connectivity index (χ1v) is 8.61. The first-order valence-electron chi connectivity index (χ1n) is 8.61. The highest BCUT2D eigenvalue weighted by molar-refractivity contribution is 5.87. The van der Waals surface area contributed by atoms with Crippen LogP contribution >= 0.6 is 0 Å². The first-order chi connectivity index (χ1) is 11.0. The van der Waals surface area contributed by atoms with Gasteiger partial charge in [-0.1, -0.05) is 26.3 Å². The quantitative estimate of drug-likeness (QED) is 0.573. The molecule has 0 aromatic rings. The van der Waals surface area contributed by atoms with E-state index in [0.29, 0.717) is 6.42 Å². The Balaban J connectivity index is 2.25. The normalized spacial score (nSPS) is 42.3. The van der Waals surface area contributed by atoms with Gasteiger partial charge in [-0.2, -0.15) is 0 Å². The summed E-state index contributed by atoms with van der Waals surface area (Å²) in [5, 5.41) is 0. The maximum absolute atomic E-state index is 12.9. The predicted octanol–water partition coefficient (Wildman–Crippen LogP) is 2.68. The molecule has 3 rings (SSSR count). The van der Waals surface area contributed by atoms with Crippen molar-refractivity contribution in [1.82, 2.24) is 0 Å². The van der Waals surface area contributed by atoms with E-state index in [2.05, 4.69) is 6.92 Å². The van der Waals surface area contributed by atoms with Crippen molar-refractivity contribution in [3.63, 3.8) is 0 Å². The van der Waals surface area contributed by atoms with Gasteiger partial charge in [-0.25, -0.2) is 0 Å². The van der Waals surface area contributed by atoms with E-state index in [4.69, 9.17) is 9.47 Å². The Morgan fingerprint density at radius 2 is 1.83 bits per heavy atom. The van der Waals surface area contributed by atoms with Gasteiger partial charge in [-0.15, -0.1) is 0 Å². The predicted molar refractivity (Wildman–Crippen MR) is 86.8 cm³/mol. The lowest BCUT2D eigenvalue weighted by molar-refractivity contribution is -0.184. The van der Waals surface area contributed by atoms with Gasteiger partial charge in [0, 0.05) is 25.7 Å². The molecule has 0 aromatic heterocycles. The summed E-state index contributed by atoms with van der Waals surface area (Å²) in [6.07, 6.45) is 1.72. The second kappa shape index (κ2) is 5.17. The third kappa shape index (κ3) is 2.09. The highest BCUT2D eigenvalue weighted by atomic mass is 16.6. The number of hydrogen-bond acceptors (Lipinski definition) is 5. The number of ether oxygens (including phenoxy) is 2. The van der Waals surface area contributed by atoms with Crippen LogP contribution in [0.2, 0.25) is 0 Å². The van der Waals surface area contributed by atoms with Gasteiger partial charge in [0.2, 0.25) is 0 Å². The topological polar surface area (TPSA) is 69.7 Å². The molecule has 0 radical (unpaired) electrons. The van der Waals surface area contributed by atoms with E-state index in [1.807, 2.05) is 26.8 Å². The van der Waals surface area contributed by atoms with Gasteiger partial charge in [-0.05, 0) is 30.8 Å². The molecule has 0 saturated heterocycles. The second-order valence-electron chi connectivity index (χ2n) is 8.32. The lowest BCUT2D eigenvalue weighted by atomic mass is 9.56. The van der Waals surface area contributed by atoms with E-state index in [0.717, 1.165) is 5.57 Å². The largest absolute Gasteiger partial charge is 0.457 e. The number of allylic oxidation sites excluding steroid dienone is 1. The molecule has 0 spiro atoms. The van der Waals surface area contributed by atoms with Crippen molar-refractivity contribution >= 4 is 17.7 Å². The van der Waals surface area contributed by atoms with Crippen LogP contribution in [0.25, 0.3) is 0 Å². The molecule has 0 amide bonds. The van der Waals surface area contributed by atoms with Gasteiger partial charge < -0.3 is 9.47 Å². The Labute approximate surface area is 142 Å². The van der Waals surface area contributed by atoms with Crippen LogP contribution in [0.5, 0.6) is 0 Å². The molecule has 2 fully saturated rings. The highest BCUT2D eigenvalue weighted by Crippen LogP contribution is 2.66. The number of carbonyl (C=O) groups is 3. The van der Waals surface area contributed by atoms with E-state index in [9.17, 15) is 14.4 Å². The standard InChI is InChI=1S/C19H26O5/c1-9-7-13(22)15-16-14(9)10(2)8-19(15,24-12(4)21)17(18(16,5)6)23-11(3)20/h8-9,14-17H,7H2,1-6H3/t9-,14-,15-,16+,17-,19?/m1/s1. The van der Waals surface area contributed by atoms with Gasteiger partial charge in [0.05, 0.1) is 5.92 Å².